The Kier molecular flexibility index (Phi) is 68.1. The molecule has 0 saturated heterocycles. The fourth-order valence-electron chi connectivity index (χ4n) is 11.6. The molecule has 0 saturated carbocycles. The van der Waals surface area contributed by atoms with E-state index in [1.54, 1.807) is 0 Å². The van der Waals surface area contributed by atoms with Crippen LogP contribution in [0.1, 0.15) is 400 Å². The number of carbonyl (C=O) groups excluding carboxylic acids is 4. The number of aliphatic hydroxyl groups excluding tert-OH is 1. The number of carbonyl (C=O) groups is 4. The maximum absolute atomic E-state index is 13.1. The van der Waals surface area contributed by atoms with Crippen LogP contribution in [0.3, 0.4) is 0 Å². The van der Waals surface area contributed by atoms with E-state index in [-0.39, 0.29) is 25.7 Å². The van der Waals surface area contributed by atoms with Crippen molar-refractivity contribution in [3.63, 3.8) is 0 Å². The van der Waals surface area contributed by atoms with Crippen LogP contribution in [0.2, 0.25) is 0 Å². The van der Waals surface area contributed by atoms with Crippen molar-refractivity contribution >= 4 is 39.5 Å². The molecule has 0 amide bonds. The Morgan fingerprint density at radius 3 is 0.628 bits per heavy atom. The molecule has 0 spiro atoms. The van der Waals surface area contributed by atoms with Crippen LogP contribution in [0, 0.1) is 0 Å². The Hall–Kier alpha value is -1.94. The summed E-state index contributed by atoms with van der Waals surface area (Å²) in [5, 5.41) is 10.6. The minimum absolute atomic E-state index is 0.107. The van der Waals surface area contributed by atoms with Gasteiger partial charge in [-0.05, 0) is 25.7 Å². The first-order valence-corrected chi connectivity index (χ1v) is 42.3. The third kappa shape index (κ3) is 68.6. The summed E-state index contributed by atoms with van der Waals surface area (Å²) in [7, 11) is -9.90. The number of hydrogen-bond acceptors (Lipinski definition) is 15. The molecule has 0 aromatic carbocycles. The fraction of sp³-hybridized carbons (Fsp3) is 0.947. The van der Waals surface area contributed by atoms with Crippen LogP contribution in [0.15, 0.2) is 0 Å². The van der Waals surface area contributed by atoms with Crippen LogP contribution in [0.4, 0.5) is 0 Å². The number of ether oxygens (including phenoxy) is 4. The molecule has 0 aliphatic rings. The lowest BCUT2D eigenvalue weighted by atomic mass is 10.0. The smallest absolute Gasteiger partial charge is 0.462 e. The highest BCUT2D eigenvalue weighted by atomic mass is 31.2. The highest BCUT2D eigenvalue weighted by molar-refractivity contribution is 7.47. The number of phosphoric acid groups is 2. The largest absolute Gasteiger partial charge is 0.472 e. The van der Waals surface area contributed by atoms with E-state index in [1.807, 2.05) is 0 Å². The van der Waals surface area contributed by atoms with Gasteiger partial charge in [-0.1, -0.05) is 349 Å². The zero-order chi connectivity index (χ0) is 69.0. The number of hydrogen-bond donors (Lipinski definition) is 3. The van der Waals surface area contributed by atoms with Gasteiger partial charge in [0.15, 0.2) is 12.2 Å². The lowest BCUT2D eigenvalue weighted by Gasteiger charge is -2.21. The molecule has 0 bridgehead atoms. The molecular weight excluding hydrogens is 1230 g/mol. The quantitative estimate of drug-likeness (QED) is 0.0222. The van der Waals surface area contributed by atoms with Crippen LogP contribution < -0.4 is 0 Å². The number of unbranched alkanes of at least 4 members (excludes halogenated alkanes) is 50. The van der Waals surface area contributed by atoms with Gasteiger partial charge in [-0.15, -0.1) is 0 Å². The standard InChI is InChI=1S/C75H146O17P2/c1-5-9-13-17-21-25-28-30-32-33-34-35-36-37-39-41-43-46-50-54-58-62-75(80)92-71(66-86-73(78)60-56-52-48-45-42-40-38-31-29-26-22-18-14-10-6-2)68-90-94(83,84)88-64-69(76)63-87-93(81,82)89-67-70(65-85-72(77)59-55-51-47-24-20-16-12-8-4)91-74(79)61-57-53-49-44-27-23-19-15-11-7-3/h69-71,76H,5-68H2,1-4H3,(H,81,82)(H,83,84)/t69-,70+,71+/m0/s1. The summed E-state index contributed by atoms with van der Waals surface area (Å²) >= 11 is 0. The Bertz CT molecular complexity index is 1790. The maximum atomic E-state index is 13.1. The minimum Gasteiger partial charge on any atom is -0.462 e. The Labute approximate surface area is 575 Å². The van der Waals surface area contributed by atoms with Gasteiger partial charge in [0.2, 0.25) is 0 Å². The van der Waals surface area contributed by atoms with Crippen LogP contribution in [-0.4, -0.2) is 96.7 Å². The van der Waals surface area contributed by atoms with Crippen molar-refractivity contribution in [1.82, 2.24) is 0 Å². The molecule has 94 heavy (non-hydrogen) atoms. The molecule has 5 atom stereocenters. The third-order valence-electron chi connectivity index (χ3n) is 17.6. The van der Waals surface area contributed by atoms with Gasteiger partial charge < -0.3 is 33.8 Å². The Morgan fingerprint density at radius 2 is 0.426 bits per heavy atom. The Balaban J connectivity index is 5.16. The van der Waals surface area contributed by atoms with Gasteiger partial charge in [0, 0.05) is 25.7 Å². The van der Waals surface area contributed by atoms with Crippen LogP contribution in [0.25, 0.3) is 0 Å². The van der Waals surface area contributed by atoms with Gasteiger partial charge in [-0.2, -0.15) is 0 Å². The van der Waals surface area contributed by atoms with Crippen LogP contribution in [-0.2, 0) is 65.4 Å². The zero-order valence-electron chi connectivity index (χ0n) is 60.9. The summed E-state index contributed by atoms with van der Waals surface area (Å²) in [6.07, 6.45) is 59.8. The van der Waals surface area contributed by atoms with Crippen LogP contribution in [0.5, 0.6) is 0 Å². The van der Waals surface area contributed by atoms with Crippen molar-refractivity contribution in [2.75, 3.05) is 39.6 Å². The van der Waals surface area contributed by atoms with Crippen molar-refractivity contribution in [2.24, 2.45) is 0 Å². The molecule has 0 aliphatic heterocycles. The van der Waals surface area contributed by atoms with Crippen molar-refractivity contribution in [2.45, 2.75) is 418 Å². The van der Waals surface area contributed by atoms with Crippen molar-refractivity contribution < 1.29 is 80.2 Å². The summed E-state index contributed by atoms with van der Waals surface area (Å²) in [6.45, 7) is 4.94. The molecule has 0 aromatic heterocycles. The maximum Gasteiger partial charge on any atom is 0.472 e. The van der Waals surface area contributed by atoms with Gasteiger partial charge in [0.25, 0.3) is 0 Å². The van der Waals surface area contributed by atoms with Gasteiger partial charge in [-0.25, -0.2) is 9.13 Å². The fourth-order valence-corrected chi connectivity index (χ4v) is 13.2. The molecule has 0 radical (unpaired) electrons. The van der Waals surface area contributed by atoms with E-state index in [4.69, 9.17) is 37.0 Å². The topological polar surface area (TPSA) is 237 Å². The summed E-state index contributed by atoms with van der Waals surface area (Å²) < 4.78 is 68.4. The third-order valence-corrected chi connectivity index (χ3v) is 19.5. The first-order chi connectivity index (χ1) is 45.7. The predicted octanol–water partition coefficient (Wildman–Crippen LogP) is 22.2. The van der Waals surface area contributed by atoms with Gasteiger partial charge in [0.1, 0.15) is 19.3 Å². The van der Waals surface area contributed by atoms with Crippen molar-refractivity contribution in [3.8, 4) is 0 Å². The first-order valence-electron chi connectivity index (χ1n) is 39.3. The average molecular weight is 1380 g/mol. The van der Waals surface area contributed by atoms with E-state index in [1.165, 1.54) is 225 Å². The van der Waals surface area contributed by atoms with Crippen LogP contribution >= 0.6 is 15.6 Å². The zero-order valence-corrected chi connectivity index (χ0v) is 62.7. The van der Waals surface area contributed by atoms with E-state index in [9.17, 15) is 43.2 Å². The van der Waals surface area contributed by atoms with Gasteiger partial charge >= 0.3 is 39.5 Å². The van der Waals surface area contributed by atoms with Crippen molar-refractivity contribution in [3.05, 3.63) is 0 Å². The summed E-state index contributed by atoms with van der Waals surface area (Å²) in [5.41, 5.74) is 0. The average Bonchev–Trinajstić information content (AvgIpc) is 1.38. The SMILES string of the molecule is CCCCCCCCCCCCCCCCCCCCCCCC(=O)O[C@H](COC(=O)CCCCCCCCCCCCCCCCC)COP(=O)(O)OC[C@@H](O)COP(=O)(O)OC[C@@H](COC(=O)CCCCCCCCCC)OC(=O)CCCCCCCCCCCC. The molecule has 2 unspecified atom stereocenters. The molecule has 0 fully saturated rings. The molecule has 0 heterocycles. The molecule has 0 rings (SSSR count). The Morgan fingerprint density at radius 1 is 0.255 bits per heavy atom. The van der Waals surface area contributed by atoms with Gasteiger partial charge in [-0.3, -0.25) is 37.3 Å². The lowest BCUT2D eigenvalue weighted by molar-refractivity contribution is -0.161. The second kappa shape index (κ2) is 69.5. The molecule has 558 valence electrons. The minimum atomic E-state index is -4.95. The highest BCUT2D eigenvalue weighted by Gasteiger charge is 2.30. The molecule has 0 aliphatic carbocycles. The number of aliphatic hydroxyl groups is 1. The predicted molar refractivity (Wildman–Crippen MR) is 382 cm³/mol. The number of rotatable bonds is 76. The second-order valence-corrected chi connectivity index (χ2v) is 29.9. The number of esters is 4. The molecule has 19 heteroatoms. The normalized spacial score (nSPS) is 13.9. The van der Waals surface area contributed by atoms with Gasteiger partial charge in [0.05, 0.1) is 26.4 Å². The molecule has 17 nitrogen and oxygen atoms in total. The van der Waals surface area contributed by atoms with E-state index in [2.05, 4.69) is 27.7 Å². The van der Waals surface area contributed by atoms with E-state index < -0.39 is 97.5 Å². The monoisotopic (exact) mass is 1380 g/mol. The second-order valence-electron chi connectivity index (χ2n) is 27.0. The summed E-state index contributed by atoms with van der Waals surface area (Å²) in [6, 6.07) is 0. The van der Waals surface area contributed by atoms with Crippen molar-refractivity contribution in [1.29, 1.82) is 0 Å². The molecular formula is C75H146O17P2. The molecule has 0 aromatic rings. The molecule has 3 N–H and O–H groups in total. The van der Waals surface area contributed by atoms with E-state index in [0.717, 1.165) is 96.3 Å². The van der Waals surface area contributed by atoms with E-state index in [0.29, 0.717) is 25.7 Å². The summed E-state index contributed by atoms with van der Waals surface area (Å²) in [5.74, 6) is -2.12. The number of phosphoric ester groups is 2. The van der Waals surface area contributed by atoms with E-state index >= 15 is 0 Å². The first kappa shape index (κ1) is 92.1. The lowest BCUT2D eigenvalue weighted by Crippen LogP contribution is -2.30. The summed E-state index contributed by atoms with van der Waals surface area (Å²) in [4.78, 5) is 72.6. The highest BCUT2D eigenvalue weighted by Crippen LogP contribution is 2.45.